The van der Waals surface area contributed by atoms with E-state index in [-0.39, 0.29) is 11.8 Å². The number of aromatic nitrogens is 1. The zero-order valence-electron chi connectivity index (χ0n) is 17.9. The van der Waals surface area contributed by atoms with Crippen molar-refractivity contribution < 1.29 is 9.59 Å². The number of thiazole rings is 1. The van der Waals surface area contributed by atoms with Gasteiger partial charge in [-0.3, -0.25) is 9.59 Å². The fraction of sp³-hybridized carbons (Fsp3) is 0.292. The van der Waals surface area contributed by atoms with Crippen molar-refractivity contribution in [2.24, 2.45) is 0 Å². The summed E-state index contributed by atoms with van der Waals surface area (Å²) in [6.45, 7) is 6.22. The van der Waals surface area contributed by atoms with Crippen LogP contribution < -0.4 is 15.5 Å². The molecule has 8 heteroatoms. The van der Waals surface area contributed by atoms with Crippen molar-refractivity contribution in [2.75, 3.05) is 36.4 Å². The summed E-state index contributed by atoms with van der Waals surface area (Å²) in [5, 5.41) is 8.50. The van der Waals surface area contributed by atoms with E-state index < -0.39 is 6.04 Å². The van der Waals surface area contributed by atoms with Crippen molar-refractivity contribution in [2.45, 2.75) is 19.5 Å². The van der Waals surface area contributed by atoms with Gasteiger partial charge in [0, 0.05) is 55.6 Å². The quantitative estimate of drug-likeness (QED) is 0.628. The van der Waals surface area contributed by atoms with Crippen LogP contribution in [0, 0.1) is 0 Å². The van der Waals surface area contributed by atoms with Gasteiger partial charge in [0.25, 0.3) is 5.91 Å². The summed E-state index contributed by atoms with van der Waals surface area (Å²) in [6.07, 6.45) is 1.64. The number of fused-ring (bicyclic) bond motifs is 1. The first-order valence-electron chi connectivity index (χ1n) is 10.8. The Labute approximate surface area is 191 Å². The second kappa shape index (κ2) is 8.72. The number of anilines is 2. The van der Waals surface area contributed by atoms with Gasteiger partial charge in [-0.05, 0) is 41.8 Å². The van der Waals surface area contributed by atoms with Crippen LogP contribution in [0.3, 0.4) is 0 Å². The zero-order valence-corrected chi connectivity index (χ0v) is 18.7. The minimum Gasteiger partial charge on any atom is -0.369 e. The molecular weight excluding hydrogens is 422 g/mol. The lowest BCUT2D eigenvalue weighted by atomic mass is 10.00. The molecule has 0 bridgehead atoms. The summed E-state index contributed by atoms with van der Waals surface area (Å²) in [6, 6.07) is 13.9. The first-order valence-corrected chi connectivity index (χ1v) is 11.7. The van der Waals surface area contributed by atoms with Crippen molar-refractivity contribution >= 4 is 34.0 Å². The zero-order chi connectivity index (χ0) is 22.1. The molecule has 7 nitrogen and oxygen atoms in total. The number of nitrogens with zero attached hydrogens (tertiary/aromatic N) is 3. The van der Waals surface area contributed by atoms with E-state index in [1.807, 2.05) is 12.1 Å². The van der Waals surface area contributed by atoms with Crippen molar-refractivity contribution in [3.63, 3.8) is 0 Å². The fourth-order valence-corrected chi connectivity index (χ4v) is 4.77. The van der Waals surface area contributed by atoms with E-state index >= 15 is 0 Å². The van der Waals surface area contributed by atoms with Gasteiger partial charge in [0.1, 0.15) is 6.04 Å². The number of nitrogens with one attached hydrogen (secondary N) is 2. The molecule has 3 aromatic rings. The molecule has 2 aliphatic rings. The molecule has 1 saturated heterocycles. The number of amides is 2. The average molecular weight is 448 g/mol. The highest BCUT2D eigenvalue weighted by Gasteiger charge is 2.34. The van der Waals surface area contributed by atoms with Crippen LogP contribution >= 0.6 is 11.3 Å². The van der Waals surface area contributed by atoms with Gasteiger partial charge in [0.2, 0.25) is 5.91 Å². The molecule has 0 radical (unpaired) electrons. The third kappa shape index (κ3) is 3.99. The molecule has 2 amide bonds. The molecule has 3 heterocycles. The second-order valence-electron chi connectivity index (χ2n) is 8.09. The Morgan fingerprint density at radius 3 is 2.59 bits per heavy atom. The monoisotopic (exact) mass is 447 g/mol. The highest BCUT2D eigenvalue weighted by Crippen LogP contribution is 2.31. The Morgan fingerprint density at radius 1 is 1.12 bits per heavy atom. The van der Waals surface area contributed by atoms with Gasteiger partial charge in [0.05, 0.1) is 0 Å². The molecule has 2 aliphatic heterocycles. The van der Waals surface area contributed by atoms with Crippen LogP contribution in [0.2, 0.25) is 0 Å². The summed E-state index contributed by atoms with van der Waals surface area (Å²) in [7, 11) is 0. The Balaban J connectivity index is 1.31. The molecular formula is C24H25N5O2S. The maximum Gasteiger partial charge on any atom is 0.255 e. The predicted octanol–water partition coefficient (Wildman–Crippen LogP) is 3.20. The molecule has 2 N–H and O–H groups in total. The number of benzene rings is 2. The third-order valence-corrected chi connectivity index (χ3v) is 6.82. The van der Waals surface area contributed by atoms with E-state index in [0.29, 0.717) is 17.2 Å². The van der Waals surface area contributed by atoms with Crippen molar-refractivity contribution in [1.29, 1.82) is 0 Å². The summed E-state index contributed by atoms with van der Waals surface area (Å²) in [5.41, 5.74) is 4.92. The summed E-state index contributed by atoms with van der Waals surface area (Å²) < 4.78 is 0. The van der Waals surface area contributed by atoms with Gasteiger partial charge in [-0.2, -0.15) is 0 Å². The summed E-state index contributed by atoms with van der Waals surface area (Å²) >= 11 is 1.36. The number of carbonyl (C=O) groups is 2. The largest absolute Gasteiger partial charge is 0.369 e. The molecule has 2 aromatic carbocycles. The Bertz CT molecular complexity index is 1120. The number of rotatable bonds is 5. The van der Waals surface area contributed by atoms with Gasteiger partial charge in [-0.15, -0.1) is 11.3 Å². The highest BCUT2D eigenvalue weighted by atomic mass is 32.1. The van der Waals surface area contributed by atoms with Gasteiger partial charge in [-0.1, -0.05) is 24.3 Å². The molecule has 1 aromatic heterocycles. The van der Waals surface area contributed by atoms with E-state index in [4.69, 9.17) is 0 Å². The molecule has 1 unspecified atom stereocenters. The standard InChI is InChI=1S/C24H25N5O2S/c1-16(22(30)27-24-26-10-13-32-24)29-15-19-3-2-18(14-21(19)23(29)31)17-4-6-20(7-5-17)28-11-8-25-9-12-28/h2-7,10,13-14,16,25H,8-9,11-12,15H2,1H3,(H,26,27,30). The molecule has 1 fully saturated rings. The second-order valence-corrected chi connectivity index (χ2v) is 8.99. The maximum atomic E-state index is 13.1. The predicted molar refractivity (Wildman–Crippen MR) is 127 cm³/mol. The lowest BCUT2D eigenvalue weighted by Gasteiger charge is -2.29. The van der Waals surface area contributed by atoms with Gasteiger partial charge in [0.15, 0.2) is 5.13 Å². The smallest absolute Gasteiger partial charge is 0.255 e. The molecule has 0 aliphatic carbocycles. The van der Waals surface area contributed by atoms with Gasteiger partial charge in [-0.25, -0.2) is 4.98 Å². The fourth-order valence-electron chi connectivity index (χ4n) is 4.24. The lowest BCUT2D eigenvalue weighted by molar-refractivity contribution is -0.120. The SMILES string of the molecule is CC(C(=O)Nc1nccs1)N1Cc2ccc(-c3ccc(N4CCNCC4)cc3)cc2C1=O. The van der Waals surface area contributed by atoms with Crippen LogP contribution in [0.15, 0.2) is 54.0 Å². The molecule has 0 saturated carbocycles. The first-order chi connectivity index (χ1) is 15.6. The average Bonchev–Trinajstić information content (AvgIpc) is 3.47. The van der Waals surface area contributed by atoms with Gasteiger partial charge < -0.3 is 20.4 Å². The molecule has 164 valence electrons. The first kappa shape index (κ1) is 20.7. The lowest BCUT2D eigenvalue weighted by Crippen LogP contribution is -2.43. The van der Waals surface area contributed by atoms with E-state index in [2.05, 4.69) is 50.8 Å². The van der Waals surface area contributed by atoms with Crippen molar-refractivity contribution in [3.8, 4) is 11.1 Å². The minimum absolute atomic E-state index is 0.110. The third-order valence-electron chi connectivity index (χ3n) is 6.13. The Morgan fingerprint density at radius 2 is 1.88 bits per heavy atom. The number of hydrogen-bond acceptors (Lipinski definition) is 6. The van der Waals surface area contributed by atoms with E-state index in [0.717, 1.165) is 42.9 Å². The van der Waals surface area contributed by atoms with Crippen LogP contribution in [0.25, 0.3) is 11.1 Å². The van der Waals surface area contributed by atoms with E-state index in [1.165, 1.54) is 17.0 Å². The normalized spacial score (nSPS) is 16.7. The Hall–Kier alpha value is -3.23. The number of hydrogen-bond donors (Lipinski definition) is 2. The number of carbonyl (C=O) groups excluding carboxylic acids is 2. The van der Waals surface area contributed by atoms with E-state index in [1.54, 1.807) is 23.4 Å². The molecule has 1 atom stereocenters. The number of piperazine rings is 1. The minimum atomic E-state index is -0.583. The van der Waals surface area contributed by atoms with Crippen LogP contribution in [0.5, 0.6) is 0 Å². The molecule has 5 rings (SSSR count). The van der Waals surface area contributed by atoms with Crippen LogP contribution in [0.4, 0.5) is 10.8 Å². The molecule has 32 heavy (non-hydrogen) atoms. The summed E-state index contributed by atoms with van der Waals surface area (Å²) in [4.78, 5) is 33.8. The summed E-state index contributed by atoms with van der Waals surface area (Å²) in [5.74, 6) is -0.342. The van der Waals surface area contributed by atoms with Crippen LogP contribution in [0.1, 0.15) is 22.8 Å². The van der Waals surface area contributed by atoms with E-state index in [9.17, 15) is 9.59 Å². The Kier molecular flexibility index (Phi) is 5.63. The maximum absolute atomic E-state index is 13.1. The van der Waals surface area contributed by atoms with Crippen LogP contribution in [-0.2, 0) is 11.3 Å². The van der Waals surface area contributed by atoms with Crippen LogP contribution in [-0.4, -0.2) is 53.9 Å². The topological polar surface area (TPSA) is 77.6 Å². The van der Waals surface area contributed by atoms with Crippen molar-refractivity contribution in [1.82, 2.24) is 15.2 Å². The van der Waals surface area contributed by atoms with Crippen molar-refractivity contribution in [3.05, 3.63) is 65.2 Å². The highest BCUT2D eigenvalue weighted by molar-refractivity contribution is 7.13. The van der Waals surface area contributed by atoms with Gasteiger partial charge >= 0.3 is 0 Å². The molecule has 0 spiro atoms.